The fourth-order valence-corrected chi connectivity index (χ4v) is 3.94. The van der Waals surface area contributed by atoms with Crippen LogP contribution in [0.2, 0.25) is 0 Å². The number of rotatable bonds is 10. The molecule has 1 heterocycles. The number of carbonyl (C=O) groups is 1. The van der Waals surface area contributed by atoms with Gasteiger partial charge in [0.1, 0.15) is 17.5 Å². The van der Waals surface area contributed by atoms with Gasteiger partial charge in [-0.05, 0) is 61.0 Å². The molecule has 0 aliphatic rings. The third kappa shape index (κ3) is 6.53. The molecule has 0 saturated carbocycles. The Morgan fingerprint density at radius 2 is 1.59 bits per heavy atom. The van der Waals surface area contributed by atoms with Crippen LogP contribution in [-0.4, -0.2) is 38.2 Å². The molecule has 0 saturated heterocycles. The average Bonchev–Trinajstić information content (AvgIpc) is 2.76. The zero-order valence-corrected chi connectivity index (χ0v) is 18.7. The molecular weight excluding hydrogens is 428 g/mol. The van der Waals surface area contributed by atoms with Crippen LogP contribution in [0.5, 0.6) is 11.5 Å². The normalized spacial score (nSPS) is 12.2. The SMILES string of the molecule is Cc1ccc(Oc2ccc(N(C[C@H](NCc3ccncc3)C(N)=O)S(C)(=O)=O)cc2)cc1. The number of nitrogens with zero attached hydrogens (tertiary/aromatic N) is 2. The van der Waals surface area contributed by atoms with E-state index in [0.717, 1.165) is 21.7 Å². The summed E-state index contributed by atoms with van der Waals surface area (Å²) in [5.74, 6) is 0.595. The van der Waals surface area contributed by atoms with Crippen LogP contribution in [0.1, 0.15) is 11.1 Å². The van der Waals surface area contributed by atoms with E-state index in [4.69, 9.17) is 10.5 Å². The molecule has 0 fully saturated rings. The van der Waals surface area contributed by atoms with Gasteiger partial charge in [-0.25, -0.2) is 8.42 Å². The van der Waals surface area contributed by atoms with Crippen molar-refractivity contribution in [3.63, 3.8) is 0 Å². The van der Waals surface area contributed by atoms with Crippen molar-refractivity contribution in [2.45, 2.75) is 19.5 Å². The second-order valence-corrected chi connectivity index (χ2v) is 9.30. The standard InChI is InChI=1S/C23H26N4O4S/c1-17-3-7-20(8-4-17)31-21-9-5-19(6-10-21)27(32(2,29)30)16-22(23(24)28)26-15-18-11-13-25-14-12-18/h3-14,22,26H,15-16H2,1-2H3,(H2,24,28)/t22-/m0/s1. The Hall–Kier alpha value is -3.43. The van der Waals surface area contributed by atoms with E-state index >= 15 is 0 Å². The summed E-state index contributed by atoms with van der Waals surface area (Å²) in [6.45, 7) is 2.19. The summed E-state index contributed by atoms with van der Waals surface area (Å²) in [6.07, 6.45) is 4.36. The summed E-state index contributed by atoms with van der Waals surface area (Å²) in [4.78, 5) is 15.9. The van der Waals surface area contributed by atoms with Gasteiger partial charge in [-0.15, -0.1) is 0 Å². The number of hydrogen-bond acceptors (Lipinski definition) is 6. The van der Waals surface area contributed by atoms with Gasteiger partial charge in [0.2, 0.25) is 15.9 Å². The first-order chi connectivity index (χ1) is 15.2. The minimum absolute atomic E-state index is 0.141. The number of pyridine rings is 1. The molecule has 1 aromatic heterocycles. The lowest BCUT2D eigenvalue weighted by molar-refractivity contribution is -0.119. The van der Waals surface area contributed by atoms with Crippen molar-refractivity contribution in [1.82, 2.24) is 10.3 Å². The summed E-state index contributed by atoms with van der Waals surface area (Å²) >= 11 is 0. The molecule has 8 nitrogen and oxygen atoms in total. The van der Waals surface area contributed by atoms with Gasteiger partial charge in [-0.2, -0.15) is 0 Å². The lowest BCUT2D eigenvalue weighted by Crippen LogP contribution is -2.50. The number of hydrogen-bond donors (Lipinski definition) is 2. The number of anilines is 1. The Bertz CT molecular complexity index is 1130. The highest BCUT2D eigenvalue weighted by molar-refractivity contribution is 7.92. The van der Waals surface area contributed by atoms with Gasteiger partial charge in [-0.3, -0.25) is 14.1 Å². The van der Waals surface area contributed by atoms with Crippen molar-refractivity contribution in [3.05, 3.63) is 84.2 Å². The first-order valence-electron chi connectivity index (χ1n) is 9.96. The molecule has 9 heteroatoms. The van der Waals surface area contributed by atoms with Crippen LogP contribution in [0, 0.1) is 6.92 Å². The molecule has 0 bridgehead atoms. The predicted octanol–water partition coefficient (Wildman–Crippen LogP) is 2.59. The smallest absolute Gasteiger partial charge is 0.236 e. The Labute approximate surface area is 188 Å². The molecule has 1 atom stereocenters. The van der Waals surface area contributed by atoms with Gasteiger partial charge in [0.05, 0.1) is 18.5 Å². The van der Waals surface area contributed by atoms with Gasteiger partial charge in [0, 0.05) is 18.9 Å². The zero-order valence-electron chi connectivity index (χ0n) is 17.9. The number of aromatic nitrogens is 1. The van der Waals surface area contributed by atoms with E-state index < -0.39 is 22.0 Å². The van der Waals surface area contributed by atoms with Crippen LogP contribution in [0.3, 0.4) is 0 Å². The van der Waals surface area contributed by atoms with Gasteiger partial charge in [0.25, 0.3) is 0 Å². The molecule has 0 unspecified atom stereocenters. The van der Waals surface area contributed by atoms with Gasteiger partial charge < -0.3 is 15.8 Å². The van der Waals surface area contributed by atoms with Crippen LogP contribution in [-0.2, 0) is 21.4 Å². The Balaban J connectivity index is 1.74. The van der Waals surface area contributed by atoms with Crippen molar-refractivity contribution in [1.29, 1.82) is 0 Å². The number of benzene rings is 2. The fourth-order valence-electron chi connectivity index (χ4n) is 3.02. The van der Waals surface area contributed by atoms with E-state index in [0.29, 0.717) is 23.7 Å². The van der Waals surface area contributed by atoms with E-state index in [1.807, 2.05) is 31.2 Å². The highest BCUT2D eigenvalue weighted by Gasteiger charge is 2.25. The van der Waals surface area contributed by atoms with Crippen LogP contribution in [0.4, 0.5) is 5.69 Å². The first-order valence-corrected chi connectivity index (χ1v) is 11.8. The summed E-state index contributed by atoms with van der Waals surface area (Å²) in [5, 5.41) is 3.02. The maximum atomic E-state index is 12.5. The topological polar surface area (TPSA) is 115 Å². The van der Waals surface area contributed by atoms with E-state index in [1.165, 1.54) is 0 Å². The maximum absolute atomic E-state index is 12.5. The number of aryl methyl sites for hydroxylation is 1. The molecule has 2 aromatic carbocycles. The maximum Gasteiger partial charge on any atom is 0.236 e. The zero-order chi connectivity index (χ0) is 23.1. The summed E-state index contributed by atoms with van der Waals surface area (Å²) in [6, 6.07) is 16.9. The number of carbonyl (C=O) groups excluding carboxylic acids is 1. The number of amides is 1. The molecule has 0 radical (unpaired) electrons. The van der Waals surface area contributed by atoms with Crippen molar-refractivity contribution >= 4 is 21.6 Å². The monoisotopic (exact) mass is 454 g/mol. The third-order valence-electron chi connectivity index (χ3n) is 4.78. The fraction of sp³-hybridized carbons (Fsp3) is 0.217. The van der Waals surface area contributed by atoms with Gasteiger partial charge >= 0.3 is 0 Å². The third-order valence-corrected chi connectivity index (χ3v) is 5.94. The molecule has 3 rings (SSSR count). The Kier molecular flexibility index (Phi) is 7.45. The molecule has 32 heavy (non-hydrogen) atoms. The van der Waals surface area contributed by atoms with Crippen molar-refractivity contribution in [3.8, 4) is 11.5 Å². The van der Waals surface area contributed by atoms with E-state index in [9.17, 15) is 13.2 Å². The minimum Gasteiger partial charge on any atom is -0.457 e. The highest BCUT2D eigenvalue weighted by atomic mass is 32.2. The summed E-state index contributed by atoms with van der Waals surface area (Å²) in [7, 11) is -3.67. The van der Waals surface area contributed by atoms with E-state index in [2.05, 4.69) is 10.3 Å². The Morgan fingerprint density at radius 3 is 2.12 bits per heavy atom. The number of ether oxygens (including phenoxy) is 1. The summed E-state index contributed by atoms with van der Waals surface area (Å²) in [5.41, 5.74) is 7.96. The van der Waals surface area contributed by atoms with E-state index in [1.54, 1.807) is 48.8 Å². The minimum atomic E-state index is -3.67. The molecule has 0 spiro atoms. The largest absolute Gasteiger partial charge is 0.457 e. The number of nitrogens with two attached hydrogens (primary N) is 1. The van der Waals surface area contributed by atoms with Crippen molar-refractivity contribution < 1.29 is 17.9 Å². The van der Waals surface area contributed by atoms with Crippen molar-refractivity contribution in [2.24, 2.45) is 5.73 Å². The van der Waals surface area contributed by atoms with Crippen LogP contribution in [0.15, 0.2) is 73.1 Å². The molecule has 3 N–H and O–H groups in total. The number of sulfonamides is 1. The molecular formula is C23H26N4O4S. The van der Waals surface area contributed by atoms with Crippen molar-refractivity contribution in [2.75, 3.05) is 17.1 Å². The number of nitrogens with one attached hydrogen (secondary N) is 1. The second kappa shape index (κ2) is 10.3. The highest BCUT2D eigenvalue weighted by Crippen LogP contribution is 2.26. The first kappa shape index (κ1) is 23.2. The molecule has 3 aromatic rings. The van der Waals surface area contributed by atoms with Crippen LogP contribution < -0.4 is 20.1 Å². The molecule has 168 valence electrons. The summed E-state index contributed by atoms with van der Waals surface area (Å²) < 4.78 is 31.9. The number of primary amides is 1. The molecule has 1 amide bonds. The average molecular weight is 455 g/mol. The predicted molar refractivity (Wildman–Crippen MR) is 124 cm³/mol. The van der Waals surface area contributed by atoms with Gasteiger partial charge in [-0.1, -0.05) is 17.7 Å². The van der Waals surface area contributed by atoms with E-state index in [-0.39, 0.29) is 6.54 Å². The second-order valence-electron chi connectivity index (χ2n) is 7.39. The quantitative estimate of drug-likeness (QED) is 0.487. The molecule has 0 aliphatic heterocycles. The Morgan fingerprint density at radius 1 is 1.03 bits per heavy atom. The lowest BCUT2D eigenvalue weighted by atomic mass is 10.2. The lowest BCUT2D eigenvalue weighted by Gasteiger charge is -2.27. The van der Waals surface area contributed by atoms with Crippen LogP contribution in [0.25, 0.3) is 0 Å². The van der Waals surface area contributed by atoms with Gasteiger partial charge in [0.15, 0.2) is 0 Å². The van der Waals surface area contributed by atoms with Crippen LogP contribution >= 0.6 is 0 Å². The molecule has 0 aliphatic carbocycles.